The van der Waals surface area contributed by atoms with Crippen LogP contribution in [0.5, 0.6) is 5.75 Å². The molecule has 1 rings (SSSR count). The number of phenols is 1. The van der Waals surface area contributed by atoms with Crippen LogP contribution in [-0.4, -0.2) is 23.1 Å². The number of aryl methyl sites for hydroxylation is 1. The van der Waals surface area contributed by atoms with Crippen LogP contribution in [0.1, 0.15) is 29.8 Å². The number of hydrogen-bond donors (Lipinski definition) is 3. The number of nitrogens with one attached hydrogen (secondary N) is 1. The molecule has 1 aromatic carbocycles. The highest BCUT2D eigenvalue weighted by atomic mass is 16.3. The van der Waals surface area contributed by atoms with Crippen molar-refractivity contribution < 1.29 is 9.90 Å². The largest absolute Gasteiger partial charge is 0.507 e. The van der Waals surface area contributed by atoms with E-state index in [0.29, 0.717) is 6.54 Å². The predicted octanol–water partition coefficient (Wildman–Crippen LogP) is 1.17. The topological polar surface area (TPSA) is 75.4 Å². The number of hydrogen-bond acceptors (Lipinski definition) is 3. The Hall–Kier alpha value is -1.55. The summed E-state index contributed by atoms with van der Waals surface area (Å²) < 4.78 is 0. The van der Waals surface area contributed by atoms with Crippen LogP contribution < -0.4 is 11.1 Å². The first-order valence-electron chi connectivity index (χ1n) is 5.16. The van der Waals surface area contributed by atoms with E-state index in [1.165, 1.54) is 0 Å². The molecule has 0 heterocycles. The Balaban J connectivity index is 2.74. The minimum absolute atomic E-state index is 0.00710. The van der Waals surface area contributed by atoms with Gasteiger partial charge in [-0.25, -0.2) is 0 Å². The van der Waals surface area contributed by atoms with E-state index in [2.05, 4.69) is 5.32 Å². The van der Waals surface area contributed by atoms with Gasteiger partial charge >= 0.3 is 0 Å². The Morgan fingerprint density at radius 2 is 2.12 bits per heavy atom. The Morgan fingerprint density at radius 3 is 2.62 bits per heavy atom. The number of amides is 1. The summed E-state index contributed by atoms with van der Waals surface area (Å²) >= 11 is 0. The van der Waals surface area contributed by atoms with E-state index in [1.807, 2.05) is 20.8 Å². The summed E-state index contributed by atoms with van der Waals surface area (Å²) in [6.07, 6.45) is 0. The normalized spacial score (nSPS) is 11.2. The maximum atomic E-state index is 11.7. The van der Waals surface area contributed by atoms with E-state index in [9.17, 15) is 9.90 Å². The molecule has 0 unspecified atom stereocenters. The molecule has 4 N–H and O–H groups in total. The average molecular weight is 222 g/mol. The molecule has 0 saturated carbocycles. The van der Waals surface area contributed by atoms with Crippen LogP contribution in [0.3, 0.4) is 0 Å². The third-order valence-electron chi connectivity index (χ3n) is 2.10. The standard InChI is InChI=1S/C12H18N2O2/c1-8-4-5-9(10(15)6-8)11(16)14-7-12(2,3)13/h4-6,15H,7,13H2,1-3H3,(H,14,16). The number of nitrogens with two attached hydrogens (primary N) is 1. The highest BCUT2D eigenvalue weighted by Gasteiger charge is 2.15. The van der Waals surface area contributed by atoms with Crippen molar-refractivity contribution in [2.75, 3.05) is 6.54 Å². The van der Waals surface area contributed by atoms with Gasteiger partial charge in [0.15, 0.2) is 0 Å². The highest BCUT2D eigenvalue weighted by molar-refractivity contribution is 5.96. The molecule has 16 heavy (non-hydrogen) atoms. The predicted molar refractivity (Wildman–Crippen MR) is 63.4 cm³/mol. The molecule has 1 aromatic rings. The van der Waals surface area contributed by atoms with E-state index in [-0.39, 0.29) is 17.2 Å². The van der Waals surface area contributed by atoms with Crippen LogP contribution in [0.4, 0.5) is 0 Å². The average Bonchev–Trinajstić information content (AvgIpc) is 2.13. The van der Waals surface area contributed by atoms with Gasteiger partial charge in [0.25, 0.3) is 5.91 Å². The van der Waals surface area contributed by atoms with Crippen molar-refractivity contribution in [3.63, 3.8) is 0 Å². The lowest BCUT2D eigenvalue weighted by atomic mass is 10.1. The van der Waals surface area contributed by atoms with Gasteiger partial charge in [-0.2, -0.15) is 0 Å². The summed E-state index contributed by atoms with van der Waals surface area (Å²) in [5.74, 6) is -0.316. The van der Waals surface area contributed by atoms with Gasteiger partial charge in [-0.3, -0.25) is 4.79 Å². The molecule has 0 aliphatic rings. The summed E-state index contributed by atoms with van der Waals surface area (Å²) in [5.41, 5.74) is 6.47. The summed E-state index contributed by atoms with van der Waals surface area (Å²) in [6, 6.07) is 4.94. The lowest BCUT2D eigenvalue weighted by Crippen LogP contribution is -2.45. The zero-order valence-corrected chi connectivity index (χ0v) is 9.87. The summed E-state index contributed by atoms with van der Waals surface area (Å²) in [5, 5.41) is 12.3. The fraction of sp³-hybridized carbons (Fsp3) is 0.417. The molecule has 0 aliphatic carbocycles. The molecule has 4 heteroatoms. The van der Waals surface area contributed by atoms with Crippen molar-refractivity contribution in [1.29, 1.82) is 0 Å². The van der Waals surface area contributed by atoms with Crippen LogP contribution in [0.15, 0.2) is 18.2 Å². The third kappa shape index (κ3) is 3.55. The van der Waals surface area contributed by atoms with E-state index in [4.69, 9.17) is 5.73 Å². The second kappa shape index (κ2) is 4.53. The van der Waals surface area contributed by atoms with Crippen molar-refractivity contribution in [2.45, 2.75) is 26.3 Å². The minimum Gasteiger partial charge on any atom is -0.507 e. The molecule has 88 valence electrons. The van der Waals surface area contributed by atoms with E-state index < -0.39 is 5.54 Å². The molecular weight excluding hydrogens is 204 g/mol. The first kappa shape index (κ1) is 12.5. The molecule has 4 nitrogen and oxygen atoms in total. The van der Waals surface area contributed by atoms with Gasteiger partial charge in [0.1, 0.15) is 5.75 Å². The maximum Gasteiger partial charge on any atom is 0.255 e. The molecular formula is C12H18N2O2. The van der Waals surface area contributed by atoms with Crippen LogP contribution in [0, 0.1) is 6.92 Å². The Labute approximate surface area is 95.5 Å². The van der Waals surface area contributed by atoms with Gasteiger partial charge in [0.2, 0.25) is 0 Å². The monoisotopic (exact) mass is 222 g/mol. The minimum atomic E-state index is -0.462. The smallest absolute Gasteiger partial charge is 0.255 e. The molecule has 1 amide bonds. The van der Waals surface area contributed by atoms with E-state index in [0.717, 1.165) is 5.56 Å². The molecule has 0 fully saturated rings. The molecule has 0 bridgehead atoms. The molecule has 0 spiro atoms. The first-order valence-corrected chi connectivity index (χ1v) is 5.16. The summed E-state index contributed by atoms with van der Waals surface area (Å²) in [6.45, 7) is 5.86. The van der Waals surface area contributed by atoms with Crippen LogP contribution in [-0.2, 0) is 0 Å². The molecule has 0 saturated heterocycles. The van der Waals surface area contributed by atoms with Gasteiger partial charge in [-0.15, -0.1) is 0 Å². The van der Waals surface area contributed by atoms with Gasteiger partial charge in [-0.05, 0) is 38.5 Å². The second-order valence-corrected chi connectivity index (χ2v) is 4.69. The summed E-state index contributed by atoms with van der Waals surface area (Å²) in [7, 11) is 0. The molecule has 0 radical (unpaired) electrons. The number of rotatable bonds is 3. The van der Waals surface area contributed by atoms with Gasteiger partial charge in [0, 0.05) is 12.1 Å². The van der Waals surface area contributed by atoms with Crippen molar-refractivity contribution in [3.05, 3.63) is 29.3 Å². The zero-order chi connectivity index (χ0) is 12.3. The molecule has 0 aliphatic heterocycles. The quantitative estimate of drug-likeness (QED) is 0.718. The SMILES string of the molecule is Cc1ccc(C(=O)NCC(C)(C)N)c(O)c1. The first-order chi connectivity index (χ1) is 7.29. The van der Waals surface area contributed by atoms with Gasteiger partial charge < -0.3 is 16.2 Å². The fourth-order valence-electron chi connectivity index (χ4n) is 1.24. The fourth-order valence-corrected chi connectivity index (χ4v) is 1.24. The van der Waals surface area contributed by atoms with Crippen molar-refractivity contribution in [3.8, 4) is 5.75 Å². The second-order valence-electron chi connectivity index (χ2n) is 4.69. The lowest BCUT2D eigenvalue weighted by molar-refractivity contribution is 0.0943. The Morgan fingerprint density at radius 1 is 1.50 bits per heavy atom. The van der Waals surface area contributed by atoms with E-state index in [1.54, 1.807) is 18.2 Å². The van der Waals surface area contributed by atoms with Crippen LogP contribution in [0.25, 0.3) is 0 Å². The zero-order valence-electron chi connectivity index (χ0n) is 9.87. The van der Waals surface area contributed by atoms with Crippen molar-refractivity contribution >= 4 is 5.91 Å². The number of benzene rings is 1. The molecule has 0 aromatic heterocycles. The van der Waals surface area contributed by atoms with Crippen LogP contribution in [0.2, 0.25) is 0 Å². The van der Waals surface area contributed by atoms with Crippen LogP contribution >= 0.6 is 0 Å². The highest BCUT2D eigenvalue weighted by Crippen LogP contribution is 2.18. The third-order valence-corrected chi connectivity index (χ3v) is 2.10. The maximum absolute atomic E-state index is 11.7. The number of carbonyl (C=O) groups excluding carboxylic acids is 1. The summed E-state index contributed by atoms with van der Waals surface area (Å²) in [4.78, 5) is 11.7. The van der Waals surface area contributed by atoms with E-state index >= 15 is 0 Å². The Bertz CT molecular complexity index is 394. The van der Waals surface area contributed by atoms with Gasteiger partial charge in [0.05, 0.1) is 5.56 Å². The molecule has 0 atom stereocenters. The van der Waals surface area contributed by atoms with Gasteiger partial charge in [-0.1, -0.05) is 6.07 Å². The number of aromatic hydroxyl groups is 1. The number of phenolic OH excluding ortho intramolecular Hbond substituents is 1. The lowest BCUT2D eigenvalue weighted by Gasteiger charge is -2.19. The van der Waals surface area contributed by atoms with Crippen molar-refractivity contribution in [1.82, 2.24) is 5.32 Å². The number of carbonyl (C=O) groups is 1. The Kier molecular flexibility index (Phi) is 3.55. The van der Waals surface area contributed by atoms with Crippen molar-refractivity contribution in [2.24, 2.45) is 5.73 Å².